The van der Waals surface area contributed by atoms with Crippen LogP contribution in [0.5, 0.6) is 0 Å². The van der Waals surface area contributed by atoms with Gasteiger partial charge >= 0.3 is 0 Å². The molecule has 6 aromatic carbocycles. The zero-order chi connectivity index (χ0) is 29.7. The molecule has 0 saturated heterocycles. The lowest BCUT2D eigenvalue weighted by molar-refractivity contribution is 1.07. The van der Waals surface area contributed by atoms with Crippen LogP contribution in [0.4, 0.5) is 0 Å². The Morgan fingerprint density at radius 3 is 1.67 bits per heavy atom. The maximum Gasteiger partial charge on any atom is 0.164 e. The molecule has 0 fully saturated rings. The Hall–Kier alpha value is -5.78. The van der Waals surface area contributed by atoms with Crippen molar-refractivity contribution in [1.82, 2.24) is 19.9 Å². The Morgan fingerprint density at radius 2 is 0.933 bits per heavy atom. The predicted molar refractivity (Wildman–Crippen MR) is 187 cm³/mol. The first kappa shape index (κ1) is 25.7. The van der Waals surface area contributed by atoms with E-state index in [9.17, 15) is 0 Å². The summed E-state index contributed by atoms with van der Waals surface area (Å²) in [4.78, 5) is 20.1. The van der Waals surface area contributed by atoms with Crippen molar-refractivity contribution in [3.8, 4) is 45.4 Å². The van der Waals surface area contributed by atoms with Crippen LogP contribution in [-0.4, -0.2) is 19.9 Å². The summed E-state index contributed by atoms with van der Waals surface area (Å²) in [6, 6.07) is 50.2. The van der Waals surface area contributed by atoms with E-state index >= 15 is 0 Å². The maximum atomic E-state index is 5.26. The Balaban J connectivity index is 1.28. The molecule has 0 aliphatic rings. The molecule has 9 rings (SSSR count). The highest BCUT2D eigenvalue weighted by Gasteiger charge is 2.18. The highest BCUT2D eigenvalue weighted by atomic mass is 32.1. The number of hydrogen-bond acceptors (Lipinski definition) is 5. The number of fused-ring (bicyclic) bond motifs is 7. The second-order valence-electron chi connectivity index (χ2n) is 11.1. The molecule has 0 amide bonds. The average Bonchev–Trinajstić information content (AvgIpc) is 3.51. The van der Waals surface area contributed by atoms with Gasteiger partial charge in [-0.3, -0.25) is 0 Å². The summed E-state index contributed by atoms with van der Waals surface area (Å²) < 4.78 is 2.58. The number of hydrogen-bond donors (Lipinski definition) is 0. The van der Waals surface area contributed by atoms with Gasteiger partial charge in [0.05, 0.1) is 11.2 Å². The smallest absolute Gasteiger partial charge is 0.164 e. The fraction of sp³-hybridized carbons (Fsp3) is 0. The van der Waals surface area contributed by atoms with E-state index in [1.165, 1.54) is 30.9 Å². The van der Waals surface area contributed by atoms with Gasteiger partial charge in [-0.25, -0.2) is 19.9 Å². The van der Waals surface area contributed by atoms with Crippen LogP contribution >= 0.6 is 11.3 Å². The molecular weight excluding hydrogens is 569 g/mol. The van der Waals surface area contributed by atoms with Gasteiger partial charge in [-0.05, 0) is 24.3 Å². The van der Waals surface area contributed by atoms with Crippen LogP contribution in [0, 0.1) is 0 Å². The van der Waals surface area contributed by atoms with Crippen molar-refractivity contribution in [2.45, 2.75) is 0 Å². The van der Waals surface area contributed by atoms with Gasteiger partial charge < -0.3 is 0 Å². The van der Waals surface area contributed by atoms with Gasteiger partial charge in [0.25, 0.3) is 0 Å². The Labute approximate surface area is 263 Å². The second-order valence-corrected chi connectivity index (χ2v) is 12.1. The summed E-state index contributed by atoms with van der Waals surface area (Å²) in [5.41, 5.74) is 5.75. The standard InChI is InChI=1S/C40H24N4S/c1-3-12-25(13-4-1)38-42-39(26-14-5-2-6-15-26)44-40(43-38)28-17-11-16-27(24-28)37-31-22-23-34-36(30-19-8-10-21-33(30)45-34)35(31)29-18-7-9-20-32(29)41-37/h1-24H. The normalized spacial score (nSPS) is 11.6. The topological polar surface area (TPSA) is 51.6 Å². The number of aromatic nitrogens is 4. The van der Waals surface area contributed by atoms with Crippen molar-refractivity contribution in [1.29, 1.82) is 0 Å². The summed E-state index contributed by atoms with van der Waals surface area (Å²) in [7, 11) is 0. The summed E-state index contributed by atoms with van der Waals surface area (Å²) in [6.45, 7) is 0. The van der Waals surface area contributed by atoms with E-state index in [2.05, 4.69) is 84.9 Å². The molecule has 5 heteroatoms. The van der Waals surface area contributed by atoms with Crippen molar-refractivity contribution < 1.29 is 0 Å². The molecule has 3 aromatic heterocycles. The third-order valence-corrected chi connectivity index (χ3v) is 9.43. The lowest BCUT2D eigenvalue weighted by Gasteiger charge is -2.13. The number of para-hydroxylation sites is 1. The third kappa shape index (κ3) is 4.36. The first-order valence-corrected chi connectivity index (χ1v) is 15.7. The number of nitrogens with zero attached hydrogens (tertiary/aromatic N) is 4. The van der Waals surface area contributed by atoms with Crippen LogP contribution in [0.15, 0.2) is 146 Å². The van der Waals surface area contributed by atoms with Gasteiger partial charge in [0.1, 0.15) is 0 Å². The minimum absolute atomic E-state index is 0.626. The van der Waals surface area contributed by atoms with Crippen molar-refractivity contribution in [3.05, 3.63) is 146 Å². The van der Waals surface area contributed by atoms with E-state index in [1.807, 2.05) is 72.0 Å². The van der Waals surface area contributed by atoms with Gasteiger partial charge in [-0.15, -0.1) is 11.3 Å². The van der Waals surface area contributed by atoms with Crippen LogP contribution in [0.2, 0.25) is 0 Å². The highest BCUT2D eigenvalue weighted by Crippen LogP contribution is 2.43. The molecule has 0 radical (unpaired) electrons. The number of benzene rings is 6. The van der Waals surface area contributed by atoms with Crippen LogP contribution in [-0.2, 0) is 0 Å². The lowest BCUT2D eigenvalue weighted by atomic mass is 9.95. The van der Waals surface area contributed by atoms with Crippen molar-refractivity contribution in [2.75, 3.05) is 0 Å². The number of thiophene rings is 1. The molecule has 9 aromatic rings. The summed E-state index contributed by atoms with van der Waals surface area (Å²) in [6.07, 6.45) is 0. The van der Waals surface area contributed by atoms with E-state index in [4.69, 9.17) is 19.9 Å². The largest absolute Gasteiger partial charge is 0.247 e. The molecular formula is C40H24N4S. The summed E-state index contributed by atoms with van der Waals surface area (Å²) >= 11 is 1.84. The molecule has 3 heterocycles. The van der Waals surface area contributed by atoms with Gasteiger partial charge in [-0.2, -0.15) is 0 Å². The zero-order valence-corrected chi connectivity index (χ0v) is 24.9. The van der Waals surface area contributed by atoms with Crippen molar-refractivity contribution >= 4 is 53.2 Å². The average molecular weight is 593 g/mol. The molecule has 0 aliphatic heterocycles. The van der Waals surface area contributed by atoms with E-state index in [-0.39, 0.29) is 0 Å². The molecule has 0 bridgehead atoms. The molecule has 0 N–H and O–H groups in total. The van der Waals surface area contributed by atoms with Gasteiger partial charge in [0.15, 0.2) is 17.5 Å². The fourth-order valence-corrected chi connectivity index (χ4v) is 7.33. The monoisotopic (exact) mass is 592 g/mol. The SMILES string of the molecule is c1ccc(-c2nc(-c3ccccc3)nc(-c3cccc(-c4nc5ccccc5c5c4ccc4sc6ccccc6c45)c3)n2)cc1. The first-order valence-electron chi connectivity index (χ1n) is 14.9. The Bertz CT molecular complexity index is 2480. The summed E-state index contributed by atoms with van der Waals surface area (Å²) in [5.74, 6) is 1.91. The van der Waals surface area contributed by atoms with Gasteiger partial charge in [-0.1, -0.05) is 121 Å². The molecule has 0 atom stereocenters. The quantitative estimate of drug-likeness (QED) is 0.191. The van der Waals surface area contributed by atoms with Crippen molar-refractivity contribution in [2.24, 2.45) is 0 Å². The predicted octanol–water partition coefficient (Wildman–Crippen LogP) is 10.6. The van der Waals surface area contributed by atoms with E-state index < -0.39 is 0 Å². The zero-order valence-electron chi connectivity index (χ0n) is 24.1. The molecule has 0 unspecified atom stereocenters. The van der Waals surface area contributed by atoms with Crippen LogP contribution < -0.4 is 0 Å². The number of rotatable bonds is 4. The minimum atomic E-state index is 0.626. The molecule has 0 spiro atoms. The molecule has 4 nitrogen and oxygen atoms in total. The fourth-order valence-electron chi connectivity index (χ4n) is 6.22. The Morgan fingerprint density at radius 1 is 0.356 bits per heavy atom. The second kappa shape index (κ2) is 10.4. The van der Waals surface area contributed by atoms with Crippen LogP contribution in [0.3, 0.4) is 0 Å². The van der Waals surface area contributed by atoms with Crippen LogP contribution in [0.25, 0.3) is 87.3 Å². The first-order chi connectivity index (χ1) is 22.3. The van der Waals surface area contributed by atoms with E-state index in [0.717, 1.165) is 38.9 Å². The van der Waals surface area contributed by atoms with Gasteiger partial charge in [0, 0.05) is 58.6 Å². The van der Waals surface area contributed by atoms with Crippen LogP contribution in [0.1, 0.15) is 0 Å². The molecule has 45 heavy (non-hydrogen) atoms. The van der Waals surface area contributed by atoms with Crippen molar-refractivity contribution in [3.63, 3.8) is 0 Å². The van der Waals surface area contributed by atoms with E-state index in [0.29, 0.717) is 17.5 Å². The minimum Gasteiger partial charge on any atom is -0.247 e. The highest BCUT2D eigenvalue weighted by molar-refractivity contribution is 7.26. The Kier molecular flexibility index (Phi) is 5.96. The lowest BCUT2D eigenvalue weighted by Crippen LogP contribution is -2.00. The molecule has 0 aliphatic carbocycles. The maximum absolute atomic E-state index is 5.26. The molecule has 0 saturated carbocycles. The van der Waals surface area contributed by atoms with Gasteiger partial charge in [0.2, 0.25) is 0 Å². The number of pyridine rings is 1. The third-order valence-electron chi connectivity index (χ3n) is 8.30. The summed E-state index contributed by atoms with van der Waals surface area (Å²) in [5, 5.41) is 6.12. The van der Waals surface area contributed by atoms with E-state index in [1.54, 1.807) is 0 Å². The molecule has 210 valence electrons.